The maximum Gasteiger partial charge on any atom is 0.336 e. The molecule has 2 atom stereocenters. The third-order valence-electron chi connectivity index (χ3n) is 6.77. The number of para-hydroxylation sites is 1. The number of rotatable bonds is 8. The summed E-state index contributed by atoms with van der Waals surface area (Å²) in [6, 6.07) is 17.7. The zero-order valence-electron chi connectivity index (χ0n) is 21.2. The van der Waals surface area contributed by atoms with E-state index in [0.717, 1.165) is 29.7 Å². The highest BCUT2D eigenvalue weighted by Crippen LogP contribution is 2.48. The Morgan fingerprint density at radius 2 is 1.71 bits per heavy atom. The minimum absolute atomic E-state index is 0.123. The zero-order valence-corrected chi connectivity index (χ0v) is 21.2. The van der Waals surface area contributed by atoms with E-state index in [2.05, 4.69) is 20.8 Å². The number of carbonyl (C=O) groups is 2. The molecule has 2 aromatic rings. The number of aliphatic imine (C=N–C) groups is 1. The topological polar surface area (TPSA) is 65.0 Å². The van der Waals surface area contributed by atoms with Gasteiger partial charge in [-0.25, -0.2) is 4.79 Å². The molecule has 0 amide bonds. The summed E-state index contributed by atoms with van der Waals surface area (Å²) in [5, 5.41) is 0. The van der Waals surface area contributed by atoms with Crippen molar-refractivity contribution in [1.82, 2.24) is 0 Å². The predicted octanol–water partition coefficient (Wildman–Crippen LogP) is 6.08. The molecule has 1 aliphatic heterocycles. The highest BCUT2D eigenvalue weighted by molar-refractivity contribution is 6.12. The quantitative estimate of drug-likeness (QED) is 0.436. The highest BCUT2D eigenvalue weighted by Gasteiger charge is 2.48. The first-order valence-corrected chi connectivity index (χ1v) is 12.5. The van der Waals surface area contributed by atoms with Crippen LogP contribution in [0.4, 0.5) is 0 Å². The fraction of sp³-hybridized carbons (Fsp3) is 0.433. The molecule has 0 saturated heterocycles. The fourth-order valence-electron chi connectivity index (χ4n) is 5.26. The maximum atomic E-state index is 13.5. The Kier molecular flexibility index (Phi) is 7.54. The molecule has 35 heavy (non-hydrogen) atoms. The van der Waals surface area contributed by atoms with Gasteiger partial charge in [-0.15, -0.1) is 0 Å². The number of ether oxygens (including phenoxy) is 2. The number of Topliss-reactive ketones (excluding diaryl/α,β-unsaturated/α-hetero) is 1. The van der Waals surface area contributed by atoms with Gasteiger partial charge in [0.2, 0.25) is 0 Å². The third-order valence-corrected chi connectivity index (χ3v) is 6.77. The Bertz CT molecular complexity index is 1150. The van der Waals surface area contributed by atoms with Crippen LogP contribution in [0.3, 0.4) is 0 Å². The Hall–Kier alpha value is -3.21. The largest absolute Gasteiger partial charge is 0.493 e. The summed E-state index contributed by atoms with van der Waals surface area (Å²) in [6.45, 7) is 8.94. The molecule has 1 heterocycles. The van der Waals surface area contributed by atoms with E-state index in [1.165, 1.54) is 0 Å². The summed E-state index contributed by atoms with van der Waals surface area (Å²) in [7, 11) is 0. The Balaban J connectivity index is 1.71. The van der Waals surface area contributed by atoms with Gasteiger partial charge < -0.3 is 9.47 Å². The van der Waals surface area contributed by atoms with Crippen molar-refractivity contribution in [3.05, 3.63) is 77.0 Å². The molecule has 0 N–H and O–H groups in total. The zero-order chi connectivity index (χ0) is 25.0. The van der Waals surface area contributed by atoms with Crippen LogP contribution < -0.4 is 4.74 Å². The van der Waals surface area contributed by atoms with Crippen molar-refractivity contribution in [3.8, 4) is 5.75 Å². The Morgan fingerprint density at radius 1 is 1.00 bits per heavy atom. The minimum Gasteiger partial charge on any atom is -0.493 e. The molecule has 5 heteroatoms. The van der Waals surface area contributed by atoms with E-state index in [0.29, 0.717) is 36.5 Å². The van der Waals surface area contributed by atoms with Gasteiger partial charge in [-0.2, -0.15) is 0 Å². The molecule has 2 aliphatic rings. The lowest BCUT2D eigenvalue weighted by molar-refractivity contribution is -0.139. The van der Waals surface area contributed by atoms with Gasteiger partial charge in [0.1, 0.15) is 11.5 Å². The molecule has 4 rings (SSSR count). The number of fused-ring (bicyclic) bond motifs is 1. The first kappa shape index (κ1) is 24.9. The van der Waals surface area contributed by atoms with Gasteiger partial charge in [-0.05, 0) is 36.8 Å². The van der Waals surface area contributed by atoms with E-state index >= 15 is 0 Å². The monoisotopic (exact) mass is 473 g/mol. The van der Waals surface area contributed by atoms with E-state index in [1.807, 2.05) is 61.5 Å². The number of esters is 1. The number of nitrogens with zero attached hydrogens (tertiary/aromatic N) is 1. The van der Waals surface area contributed by atoms with E-state index < -0.39 is 17.8 Å². The van der Waals surface area contributed by atoms with Crippen molar-refractivity contribution >= 4 is 17.5 Å². The second-order valence-corrected chi connectivity index (χ2v) is 10.3. The Labute approximate surface area is 208 Å². The minimum atomic E-state index is -0.477. The first-order valence-electron chi connectivity index (χ1n) is 12.5. The molecule has 0 radical (unpaired) electrons. The van der Waals surface area contributed by atoms with Crippen molar-refractivity contribution < 1.29 is 19.1 Å². The lowest BCUT2D eigenvalue weighted by atomic mass is 9.63. The van der Waals surface area contributed by atoms with Crippen LogP contribution in [0.1, 0.15) is 64.0 Å². The average molecular weight is 474 g/mol. The molecule has 0 bridgehead atoms. The van der Waals surface area contributed by atoms with Gasteiger partial charge >= 0.3 is 5.97 Å². The van der Waals surface area contributed by atoms with Gasteiger partial charge in [0.25, 0.3) is 0 Å². The number of benzene rings is 2. The summed E-state index contributed by atoms with van der Waals surface area (Å²) in [5.74, 6) is -0.523. The van der Waals surface area contributed by atoms with Gasteiger partial charge in [0, 0.05) is 35.7 Å². The van der Waals surface area contributed by atoms with E-state index in [9.17, 15) is 9.59 Å². The van der Waals surface area contributed by atoms with Crippen molar-refractivity contribution in [2.24, 2.45) is 16.3 Å². The van der Waals surface area contributed by atoms with Crippen molar-refractivity contribution in [3.63, 3.8) is 0 Å². The summed E-state index contributed by atoms with van der Waals surface area (Å²) in [6.07, 6.45) is 2.68. The fourth-order valence-corrected chi connectivity index (χ4v) is 5.26. The molecule has 1 unspecified atom stereocenters. The first-order chi connectivity index (χ1) is 16.8. The molecule has 2 aromatic carbocycles. The number of hydrogen-bond acceptors (Lipinski definition) is 5. The van der Waals surface area contributed by atoms with E-state index in [-0.39, 0.29) is 17.8 Å². The predicted molar refractivity (Wildman–Crippen MR) is 138 cm³/mol. The standard InChI is InChI=1S/C30H35NO4/c1-5-16-34-25-14-10-9-13-22(25)27-26(29(33)35-17-15-21-11-7-6-8-12-21)20(2)31-23-18-30(3,4)19-24(32)28(23)27/h6-14,27-28H,5,15-19H2,1-4H3/t27-,28?/m1/s1. The SMILES string of the molecule is CCCOc1ccccc1[C@@H]1C(C(=O)OCCc2ccccc2)=C(C)N=C2CC(C)(C)CC(=O)C21. The smallest absolute Gasteiger partial charge is 0.336 e. The van der Waals surface area contributed by atoms with Crippen LogP contribution in [0.25, 0.3) is 0 Å². The molecule has 1 aliphatic carbocycles. The molecule has 0 aromatic heterocycles. The molecular weight excluding hydrogens is 438 g/mol. The molecule has 5 nitrogen and oxygen atoms in total. The number of ketones is 1. The molecule has 1 fully saturated rings. The lowest BCUT2D eigenvalue weighted by Gasteiger charge is -2.41. The van der Waals surface area contributed by atoms with Crippen LogP contribution in [0.5, 0.6) is 5.75 Å². The van der Waals surface area contributed by atoms with Gasteiger partial charge in [0.15, 0.2) is 0 Å². The van der Waals surface area contributed by atoms with Crippen LogP contribution in [0.15, 0.2) is 70.9 Å². The Morgan fingerprint density at radius 3 is 2.46 bits per heavy atom. The molecule has 1 saturated carbocycles. The highest BCUT2D eigenvalue weighted by atomic mass is 16.5. The van der Waals surface area contributed by atoms with Gasteiger partial charge in [-0.1, -0.05) is 69.3 Å². The summed E-state index contributed by atoms with van der Waals surface area (Å²) >= 11 is 0. The van der Waals surface area contributed by atoms with Gasteiger partial charge in [0.05, 0.1) is 24.7 Å². The van der Waals surface area contributed by atoms with E-state index in [1.54, 1.807) is 0 Å². The van der Waals surface area contributed by atoms with E-state index in [4.69, 9.17) is 14.5 Å². The summed E-state index contributed by atoms with van der Waals surface area (Å²) in [5.41, 5.74) is 3.76. The van der Waals surface area contributed by atoms with Crippen molar-refractivity contribution in [1.29, 1.82) is 0 Å². The van der Waals surface area contributed by atoms with Gasteiger partial charge in [-0.3, -0.25) is 9.79 Å². The lowest BCUT2D eigenvalue weighted by Crippen LogP contribution is -2.44. The summed E-state index contributed by atoms with van der Waals surface area (Å²) < 4.78 is 11.8. The molecule has 0 spiro atoms. The van der Waals surface area contributed by atoms with Crippen LogP contribution in [0, 0.1) is 11.3 Å². The van der Waals surface area contributed by atoms with Crippen LogP contribution >= 0.6 is 0 Å². The second-order valence-electron chi connectivity index (χ2n) is 10.3. The van der Waals surface area contributed by atoms with Crippen LogP contribution in [-0.2, 0) is 20.7 Å². The molecule has 184 valence electrons. The molecular formula is C30H35NO4. The number of allylic oxidation sites excluding steroid dienone is 1. The number of carbonyl (C=O) groups excluding carboxylic acids is 2. The van der Waals surface area contributed by atoms with Crippen molar-refractivity contribution in [2.45, 2.75) is 59.3 Å². The number of hydrogen-bond donors (Lipinski definition) is 0. The normalized spacial score (nSPS) is 21.3. The average Bonchev–Trinajstić information content (AvgIpc) is 2.82. The third kappa shape index (κ3) is 5.55. The van der Waals surface area contributed by atoms with Crippen LogP contribution in [0.2, 0.25) is 0 Å². The maximum absolute atomic E-state index is 13.5. The van der Waals surface area contributed by atoms with Crippen LogP contribution in [-0.4, -0.2) is 30.7 Å². The summed E-state index contributed by atoms with van der Waals surface area (Å²) in [4.78, 5) is 31.9. The van der Waals surface area contributed by atoms with Crippen molar-refractivity contribution in [2.75, 3.05) is 13.2 Å². The second kappa shape index (κ2) is 10.6.